The summed E-state index contributed by atoms with van der Waals surface area (Å²) in [7, 11) is 1.46. The van der Waals surface area contributed by atoms with E-state index >= 15 is 0 Å². The number of ether oxygens (including phenoxy) is 1. The highest BCUT2D eigenvalue weighted by Gasteiger charge is 2.30. The van der Waals surface area contributed by atoms with E-state index in [0.29, 0.717) is 11.3 Å². The monoisotopic (exact) mass is 405 g/mol. The van der Waals surface area contributed by atoms with E-state index in [2.05, 4.69) is 4.98 Å². The fraction of sp³-hybridized carbons (Fsp3) is 0.100. The van der Waals surface area contributed by atoms with Crippen LogP contribution < -0.4 is 10.5 Å². The lowest BCUT2D eigenvalue weighted by Crippen LogP contribution is -2.09. The lowest BCUT2D eigenvalue weighted by Gasteiger charge is -2.17. The second-order valence-corrected chi connectivity index (χ2v) is 6.01. The van der Waals surface area contributed by atoms with Gasteiger partial charge in [0.1, 0.15) is 23.2 Å². The number of halogens is 5. The molecule has 0 bridgehead atoms. The number of nitriles is 1. The number of methoxy groups -OCH3 is 1. The third-order valence-electron chi connectivity index (χ3n) is 4.40. The second kappa shape index (κ2) is 7.39. The number of pyridine rings is 1. The summed E-state index contributed by atoms with van der Waals surface area (Å²) in [5.74, 6) is -10.6. The zero-order valence-corrected chi connectivity index (χ0v) is 15.1. The highest BCUT2D eigenvalue weighted by Crippen LogP contribution is 2.40. The Morgan fingerprint density at radius 2 is 1.41 bits per heavy atom. The van der Waals surface area contributed by atoms with Crippen LogP contribution in [0.25, 0.3) is 22.4 Å². The molecule has 0 aliphatic carbocycles. The van der Waals surface area contributed by atoms with Crippen molar-refractivity contribution in [1.82, 2.24) is 4.98 Å². The van der Waals surface area contributed by atoms with Gasteiger partial charge >= 0.3 is 0 Å². The zero-order valence-electron chi connectivity index (χ0n) is 15.1. The SMILES string of the molecule is COc1ccc(-c2nc(N)c(C#N)c(-c3c(F)c(F)c(F)c(F)c3F)c2C)cc1. The molecule has 0 saturated carbocycles. The number of hydrogen-bond acceptors (Lipinski definition) is 4. The molecule has 2 aromatic carbocycles. The summed E-state index contributed by atoms with van der Waals surface area (Å²) in [5, 5.41) is 9.40. The van der Waals surface area contributed by atoms with Crippen LogP contribution in [0.3, 0.4) is 0 Å². The number of rotatable bonds is 3. The molecule has 0 spiro atoms. The summed E-state index contributed by atoms with van der Waals surface area (Å²) >= 11 is 0. The van der Waals surface area contributed by atoms with Crippen LogP contribution in [0.4, 0.5) is 27.8 Å². The average molecular weight is 405 g/mol. The number of nitrogens with two attached hydrogens (primary N) is 1. The lowest BCUT2D eigenvalue weighted by atomic mass is 9.91. The maximum absolute atomic E-state index is 14.4. The van der Waals surface area contributed by atoms with E-state index in [1.54, 1.807) is 30.3 Å². The van der Waals surface area contributed by atoms with Crippen molar-refractivity contribution in [1.29, 1.82) is 5.26 Å². The Bertz CT molecular complexity index is 1140. The van der Waals surface area contributed by atoms with Crippen molar-refractivity contribution in [2.75, 3.05) is 12.8 Å². The van der Waals surface area contributed by atoms with Crippen LogP contribution >= 0.6 is 0 Å². The van der Waals surface area contributed by atoms with E-state index in [9.17, 15) is 27.2 Å². The quantitative estimate of drug-likeness (QED) is 0.383. The molecule has 0 unspecified atom stereocenters. The molecule has 0 aliphatic rings. The Morgan fingerprint density at radius 3 is 1.90 bits per heavy atom. The Labute approximate surface area is 162 Å². The number of anilines is 1. The van der Waals surface area contributed by atoms with E-state index in [-0.39, 0.29) is 11.3 Å². The molecule has 29 heavy (non-hydrogen) atoms. The first-order valence-corrected chi connectivity index (χ1v) is 8.09. The summed E-state index contributed by atoms with van der Waals surface area (Å²) in [6.45, 7) is 1.35. The molecule has 0 amide bonds. The highest BCUT2D eigenvalue weighted by atomic mass is 19.2. The Balaban J connectivity index is 2.42. The first-order chi connectivity index (χ1) is 13.7. The van der Waals surface area contributed by atoms with E-state index in [0.717, 1.165) is 0 Å². The fourth-order valence-electron chi connectivity index (χ4n) is 2.97. The fourth-order valence-corrected chi connectivity index (χ4v) is 2.97. The number of aromatic nitrogens is 1. The Morgan fingerprint density at radius 1 is 0.897 bits per heavy atom. The number of nitrogen functional groups attached to an aromatic ring is 1. The molecular formula is C20H12F5N3O. The standard InChI is InChI=1S/C20H12F5N3O/c1-8-12(13-14(21)16(23)18(25)17(24)15(13)22)11(7-26)20(27)28-19(8)9-3-5-10(29-2)6-4-9/h3-6H,1-2H3,(H2,27,28). The third-order valence-corrected chi connectivity index (χ3v) is 4.40. The lowest BCUT2D eigenvalue weighted by molar-refractivity contribution is 0.381. The van der Waals surface area contributed by atoms with Crippen molar-refractivity contribution >= 4 is 5.82 Å². The van der Waals surface area contributed by atoms with Crippen LogP contribution in [0.2, 0.25) is 0 Å². The smallest absolute Gasteiger partial charge is 0.200 e. The highest BCUT2D eigenvalue weighted by molar-refractivity contribution is 5.84. The van der Waals surface area contributed by atoms with Crippen LogP contribution in [-0.2, 0) is 0 Å². The van der Waals surface area contributed by atoms with Crippen molar-refractivity contribution in [3.8, 4) is 34.2 Å². The topological polar surface area (TPSA) is 71.9 Å². The van der Waals surface area contributed by atoms with Gasteiger partial charge in [0.25, 0.3) is 0 Å². The van der Waals surface area contributed by atoms with Crippen molar-refractivity contribution in [3.63, 3.8) is 0 Å². The van der Waals surface area contributed by atoms with Gasteiger partial charge in [-0.25, -0.2) is 26.9 Å². The number of hydrogen-bond donors (Lipinski definition) is 1. The van der Waals surface area contributed by atoms with Gasteiger partial charge in [-0.15, -0.1) is 0 Å². The van der Waals surface area contributed by atoms with E-state index < -0.39 is 51.6 Å². The van der Waals surface area contributed by atoms with Gasteiger partial charge in [-0.05, 0) is 36.8 Å². The van der Waals surface area contributed by atoms with Crippen molar-refractivity contribution in [2.24, 2.45) is 0 Å². The van der Waals surface area contributed by atoms with E-state index in [1.165, 1.54) is 14.0 Å². The van der Waals surface area contributed by atoms with Crippen molar-refractivity contribution < 1.29 is 26.7 Å². The molecule has 1 heterocycles. The molecule has 4 nitrogen and oxygen atoms in total. The molecule has 9 heteroatoms. The Hall–Kier alpha value is -3.67. The minimum absolute atomic E-state index is 0.0177. The Kier molecular flexibility index (Phi) is 5.12. The summed E-state index contributed by atoms with van der Waals surface area (Å²) in [6, 6.07) is 7.94. The molecule has 2 N–H and O–H groups in total. The maximum Gasteiger partial charge on any atom is 0.200 e. The maximum atomic E-state index is 14.4. The summed E-state index contributed by atoms with van der Waals surface area (Å²) in [4.78, 5) is 4.09. The molecule has 0 fully saturated rings. The average Bonchev–Trinajstić information content (AvgIpc) is 2.73. The molecule has 148 valence electrons. The van der Waals surface area contributed by atoms with Gasteiger partial charge in [-0.1, -0.05) is 0 Å². The minimum atomic E-state index is -2.29. The molecule has 0 saturated heterocycles. The van der Waals surface area contributed by atoms with Gasteiger partial charge in [-0.3, -0.25) is 0 Å². The molecule has 1 aromatic heterocycles. The van der Waals surface area contributed by atoms with Crippen LogP contribution in [0.15, 0.2) is 24.3 Å². The van der Waals surface area contributed by atoms with Crippen LogP contribution in [0.5, 0.6) is 5.75 Å². The molecule has 0 atom stereocenters. The van der Waals surface area contributed by atoms with Gasteiger partial charge in [0.05, 0.1) is 18.4 Å². The first-order valence-electron chi connectivity index (χ1n) is 8.09. The van der Waals surface area contributed by atoms with Gasteiger partial charge < -0.3 is 10.5 Å². The summed E-state index contributed by atoms with van der Waals surface area (Å²) < 4.78 is 74.9. The second-order valence-electron chi connectivity index (χ2n) is 6.01. The molecule has 3 rings (SSSR count). The first kappa shape index (κ1) is 20.1. The third kappa shape index (κ3) is 3.12. The normalized spacial score (nSPS) is 10.7. The van der Waals surface area contributed by atoms with Crippen molar-refractivity contribution in [3.05, 3.63) is 64.5 Å². The van der Waals surface area contributed by atoms with Gasteiger partial charge in [0.15, 0.2) is 23.3 Å². The van der Waals surface area contributed by atoms with Crippen LogP contribution in [-0.4, -0.2) is 12.1 Å². The van der Waals surface area contributed by atoms with Gasteiger partial charge in [0, 0.05) is 11.1 Å². The van der Waals surface area contributed by atoms with Crippen LogP contribution in [0.1, 0.15) is 11.1 Å². The predicted molar refractivity (Wildman–Crippen MR) is 95.3 cm³/mol. The minimum Gasteiger partial charge on any atom is -0.497 e. The number of benzene rings is 2. The molecule has 0 aliphatic heterocycles. The number of nitrogens with zero attached hydrogens (tertiary/aromatic N) is 2. The van der Waals surface area contributed by atoms with Gasteiger partial charge in [0.2, 0.25) is 5.82 Å². The molecular weight excluding hydrogens is 393 g/mol. The molecule has 3 aromatic rings. The zero-order chi connectivity index (χ0) is 21.5. The summed E-state index contributed by atoms with van der Waals surface area (Å²) in [6.07, 6.45) is 0. The largest absolute Gasteiger partial charge is 0.497 e. The van der Waals surface area contributed by atoms with Gasteiger partial charge in [-0.2, -0.15) is 5.26 Å². The van der Waals surface area contributed by atoms with E-state index in [1.807, 2.05) is 0 Å². The van der Waals surface area contributed by atoms with Crippen molar-refractivity contribution in [2.45, 2.75) is 6.92 Å². The molecule has 0 radical (unpaired) electrons. The predicted octanol–water partition coefficient (Wildman–Crippen LogP) is 4.88. The van der Waals surface area contributed by atoms with Crippen LogP contribution in [0, 0.1) is 47.3 Å². The summed E-state index contributed by atoms with van der Waals surface area (Å²) in [5.41, 5.74) is 4.09. The van der Waals surface area contributed by atoms with E-state index in [4.69, 9.17) is 10.5 Å².